The van der Waals surface area contributed by atoms with E-state index in [1.54, 1.807) is 48.7 Å². The second-order valence-electron chi connectivity index (χ2n) is 12.4. The summed E-state index contributed by atoms with van der Waals surface area (Å²) in [4.78, 5) is 39.2. The number of aliphatic imine (C=N–C) groups is 2. The Kier molecular flexibility index (Phi) is 8.24. The van der Waals surface area contributed by atoms with Crippen LogP contribution in [0.1, 0.15) is 58.5 Å². The number of nitrogens with two attached hydrogens (primary N) is 1. The molecule has 2 amide bonds. The molecule has 1 unspecified atom stereocenters. The molecule has 246 valence electrons. The summed E-state index contributed by atoms with van der Waals surface area (Å²) >= 11 is 2.26. The van der Waals surface area contributed by atoms with E-state index < -0.39 is 5.66 Å². The quantitative estimate of drug-likeness (QED) is 0.263. The first-order chi connectivity index (χ1) is 23.0. The summed E-state index contributed by atoms with van der Waals surface area (Å²) in [6, 6.07) is 12.8. The van der Waals surface area contributed by atoms with Crippen LogP contribution < -0.4 is 24.7 Å². The van der Waals surface area contributed by atoms with Gasteiger partial charge in [-0.3, -0.25) is 24.5 Å². The van der Waals surface area contributed by atoms with Crippen LogP contribution in [0.25, 0.3) is 0 Å². The van der Waals surface area contributed by atoms with E-state index in [0.717, 1.165) is 32.3 Å². The molecule has 0 fully saturated rings. The van der Waals surface area contributed by atoms with E-state index in [1.807, 2.05) is 44.5 Å². The molecule has 48 heavy (non-hydrogen) atoms. The second kappa shape index (κ2) is 12.4. The number of carbonyl (C=O) groups excluding carboxylic acids is 2. The molecular weight excluding hydrogens is 725 g/mol. The number of fused-ring (bicyclic) bond motifs is 4. The Morgan fingerprint density at radius 2 is 1.42 bits per heavy atom. The van der Waals surface area contributed by atoms with Crippen molar-refractivity contribution in [3.8, 4) is 23.0 Å². The smallest absolute Gasteiger partial charge is 0.261 e. The van der Waals surface area contributed by atoms with Gasteiger partial charge in [-0.2, -0.15) is 0 Å². The van der Waals surface area contributed by atoms with Gasteiger partial charge in [-0.05, 0) is 84.3 Å². The zero-order valence-electron chi connectivity index (χ0n) is 27.0. The standard InChI is InChI=1S/C36H34IN5O6/c1-20-5-25-14-39-28-11-32(30(45-3)9-26(28)34(43)41(25)15-20)47-17-22-6-23(8-24(37)7-22)18-48-33-12-29-27(10-31(33)46-4)35(44)42-16-21(2)13-36(42,38)19-40-29/h6-12,14-16,19,25H,5,13,17-18,38H2,1-4H3/t25?,36-/m0/s1. The monoisotopic (exact) mass is 759 g/mol. The first-order valence-electron chi connectivity index (χ1n) is 15.4. The highest BCUT2D eigenvalue weighted by Crippen LogP contribution is 2.41. The summed E-state index contributed by atoms with van der Waals surface area (Å²) in [7, 11) is 3.09. The maximum Gasteiger partial charge on any atom is 0.261 e. The van der Waals surface area contributed by atoms with Gasteiger partial charge in [0.1, 0.15) is 18.9 Å². The lowest BCUT2D eigenvalue weighted by Crippen LogP contribution is -2.54. The fraction of sp³-hybridized carbons (Fsp3) is 0.278. The number of rotatable bonds is 8. The predicted octanol–water partition coefficient (Wildman–Crippen LogP) is 6.42. The van der Waals surface area contributed by atoms with Crippen LogP contribution in [-0.4, -0.2) is 60.0 Å². The maximum atomic E-state index is 13.4. The second-order valence-corrected chi connectivity index (χ2v) is 13.6. The van der Waals surface area contributed by atoms with Crippen LogP contribution in [0.4, 0.5) is 11.4 Å². The van der Waals surface area contributed by atoms with Crippen molar-refractivity contribution in [2.24, 2.45) is 15.7 Å². The molecule has 0 radical (unpaired) electrons. The third-order valence-corrected chi connectivity index (χ3v) is 9.33. The third-order valence-electron chi connectivity index (χ3n) is 8.70. The van der Waals surface area contributed by atoms with Crippen LogP contribution in [0.15, 0.2) is 76.0 Å². The molecule has 3 aromatic carbocycles. The Labute approximate surface area is 291 Å². The van der Waals surface area contributed by atoms with Crippen molar-refractivity contribution >= 4 is 58.2 Å². The highest BCUT2D eigenvalue weighted by Gasteiger charge is 2.41. The summed E-state index contributed by atoms with van der Waals surface area (Å²) in [6.07, 6.45) is 8.38. The highest BCUT2D eigenvalue weighted by molar-refractivity contribution is 14.1. The zero-order valence-corrected chi connectivity index (χ0v) is 29.1. The van der Waals surface area contributed by atoms with Crippen LogP contribution in [-0.2, 0) is 13.2 Å². The van der Waals surface area contributed by atoms with Gasteiger partial charge in [0.15, 0.2) is 23.0 Å². The van der Waals surface area contributed by atoms with Crippen molar-refractivity contribution in [2.45, 2.75) is 51.6 Å². The first kappa shape index (κ1) is 31.9. The lowest BCUT2D eigenvalue weighted by Gasteiger charge is -2.29. The summed E-state index contributed by atoms with van der Waals surface area (Å²) in [5.74, 6) is 1.45. The van der Waals surface area contributed by atoms with Crippen LogP contribution in [0.2, 0.25) is 0 Å². The van der Waals surface area contributed by atoms with Crippen LogP contribution >= 0.6 is 22.6 Å². The SMILES string of the molecule is COc1cc2c(cc1OCc1cc(I)cc(COc3cc4c(cc3OC)C(=O)N3C=C(C)C[C@@]3(N)C=N4)c1)N=CC1CC(C)=CN1C2=O. The van der Waals surface area contributed by atoms with Crippen molar-refractivity contribution < 1.29 is 28.5 Å². The molecule has 4 aliphatic heterocycles. The average Bonchev–Trinajstić information content (AvgIpc) is 3.53. The fourth-order valence-electron chi connectivity index (χ4n) is 6.44. The third kappa shape index (κ3) is 5.83. The minimum Gasteiger partial charge on any atom is -0.493 e. The fourth-order valence-corrected chi connectivity index (χ4v) is 7.24. The molecule has 2 atom stereocenters. The molecule has 0 aromatic heterocycles. The number of nitrogens with zero attached hydrogens (tertiary/aromatic N) is 4. The van der Waals surface area contributed by atoms with E-state index in [0.29, 0.717) is 51.9 Å². The Morgan fingerprint density at radius 1 is 0.812 bits per heavy atom. The lowest BCUT2D eigenvalue weighted by atomic mass is 10.1. The molecule has 4 aliphatic rings. The van der Waals surface area contributed by atoms with Crippen LogP contribution in [0.3, 0.4) is 0 Å². The Balaban J connectivity index is 1.09. The van der Waals surface area contributed by atoms with E-state index in [1.165, 1.54) is 12.0 Å². The van der Waals surface area contributed by atoms with E-state index in [9.17, 15) is 9.59 Å². The zero-order chi connectivity index (χ0) is 33.7. The van der Waals surface area contributed by atoms with Crippen molar-refractivity contribution in [2.75, 3.05) is 14.2 Å². The van der Waals surface area contributed by atoms with Gasteiger partial charge in [-0.15, -0.1) is 0 Å². The highest BCUT2D eigenvalue weighted by atomic mass is 127. The van der Waals surface area contributed by atoms with Crippen molar-refractivity contribution in [3.05, 3.63) is 91.8 Å². The molecule has 12 heteroatoms. The van der Waals surface area contributed by atoms with Gasteiger partial charge in [-0.25, -0.2) is 0 Å². The first-order valence-corrected chi connectivity index (χ1v) is 16.5. The molecule has 0 spiro atoms. The number of methoxy groups -OCH3 is 2. The molecule has 4 heterocycles. The van der Waals surface area contributed by atoms with Gasteiger partial charge < -0.3 is 29.6 Å². The number of hydrogen-bond acceptors (Lipinski definition) is 9. The summed E-state index contributed by atoms with van der Waals surface area (Å²) in [6.45, 7) is 4.43. The molecular formula is C36H34IN5O6. The topological polar surface area (TPSA) is 128 Å². The summed E-state index contributed by atoms with van der Waals surface area (Å²) in [5, 5.41) is 0. The predicted molar refractivity (Wildman–Crippen MR) is 190 cm³/mol. The van der Waals surface area contributed by atoms with Gasteiger partial charge in [0, 0.05) is 47.0 Å². The number of carbonyl (C=O) groups is 2. The van der Waals surface area contributed by atoms with Crippen molar-refractivity contribution in [1.82, 2.24) is 9.80 Å². The average molecular weight is 760 g/mol. The molecule has 11 nitrogen and oxygen atoms in total. The molecule has 3 aromatic rings. The Morgan fingerprint density at radius 3 is 2.04 bits per heavy atom. The number of halogens is 1. The molecule has 0 saturated carbocycles. The lowest BCUT2D eigenvalue weighted by molar-refractivity contribution is 0.0753. The number of amides is 2. The molecule has 0 bridgehead atoms. The van der Waals surface area contributed by atoms with E-state index in [-0.39, 0.29) is 31.1 Å². The molecule has 7 rings (SSSR count). The normalized spacial score (nSPS) is 20.7. The number of hydrogen-bond donors (Lipinski definition) is 1. The van der Waals surface area contributed by atoms with Gasteiger partial charge in [0.05, 0.1) is 42.8 Å². The minimum absolute atomic E-state index is 0.0919. The maximum absolute atomic E-state index is 13.4. The largest absolute Gasteiger partial charge is 0.493 e. The summed E-state index contributed by atoms with van der Waals surface area (Å²) < 4.78 is 24.7. The summed E-state index contributed by atoms with van der Waals surface area (Å²) in [5.41, 5.74) is 11.4. The van der Waals surface area contributed by atoms with E-state index in [4.69, 9.17) is 24.7 Å². The number of benzene rings is 3. The molecule has 2 N–H and O–H groups in total. The molecule has 0 aliphatic carbocycles. The van der Waals surface area contributed by atoms with Crippen molar-refractivity contribution in [1.29, 1.82) is 0 Å². The van der Waals surface area contributed by atoms with Gasteiger partial charge in [-0.1, -0.05) is 11.1 Å². The Hall–Kier alpha value is -4.69. The van der Waals surface area contributed by atoms with Gasteiger partial charge in [0.2, 0.25) is 0 Å². The van der Waals surface area contributed by atoms with E-state index >= 15 is 0 Å². The number of ether oxygens (including phenoxy) is 4. The van der Waals surface area contributed by atoms with Crippen molar-refractivity contribution in [3.63, 3.8) is 0 Å². The molecule has 0 saturated heterocycles. The minimum atomic E-state index is -1.01. The van der Waals surface area contributed by atoms with Crippen LogP contribution in [0.5, 0.6) is 23.0 Å². The van der Waals surface area contributed by atoms with E-state index in [2.05, 4.69) is 32.6 Å². The Bertz CT molecular complexity index is 1990. The van der Waals surface area contributed by atoms with Gasteiger partial charge in [0.25, 0.3) is 11.8 Å². The van der Waals surface area contributed by atoms with Gasteiger partial charge >= 0.3 is 0 Å². The van der Waals surface area contributed by atoms with Crippen LogP contribution in [0, 0.1) is 3.57 Å².